The molecule has 0 radical (unpaired) electrons. The molecule has 5 nitrogen and oxygen atoms in total. The number of hydrogen-bond acceptors (Lipinski definition) is 4. The second-order valence-electron chi connectivity index (χ2n) is 11.6. The number of esters is 1. The Labute approximate surface area is 223 Å². The van der Waals surface area contributed by atoms with Crippen molar-refractivity contribution in [1.82, 2.24) is 0 Å². The van der Waals surface area contributed by atoms with Gasteiger partial charge in [0.15, 0.2) is 6.10 Å². The van der Waals surface area contributed by atoms with Gasteiger partial charge in [0.05, 0.1) is 21.1 Å². The van der Waals surface area contributed by atoms with E-state index in [0.717, 1.165) is 19.3 Å². The van der Waals surface area contributed by atoms with Gasteiger partial charge >= 0.3 is 5.97 Å². The molecule has 212 valence electrons. The second kappa shape index (κ2) is 24.0. The number of likely N-dealkylation sites (N-methyl/N-ethyl adjacent to an activating group) is 1. The normalized spacial score (nSPS) is 12.8. The predicted octanol–water partition coefficient (Wildman–Crippen LogP) is 7.12. The molecule has 0 unspecified atom stereocenters. The van der Waals surface area contributed by atoms with Crippen LogP contribution in [-0.2, 0) is 14.3 Å². The van der Waals surface area contributed by atoms with Crippen molar-refractivity contribution in [2.75, 3.05) is 27.7 Å². The summed E-state index contributed by atoms with van der Waals surface area (Å²) >= 11 is 0. The van der Waals surface area contributed by atoms with Crippen LogP contribution in [0.4, 0.5) is 0 Å². The average molecular weight is 510 g/mol. The molecule has 0 bridgehead atoms. The van der Waals surface area contributed by atoms with Gasteiger partial charge in [0.2, 0.25) is 0 Å². The molecule has 0 spiro atoms. The molecule has 0 amide bonds. The summed E-state index contributed by atoms with van der Waals surface area (Å²) in [6.07, 6.45) is 28.7. The number of quaternary nitrogens is 1. The number of carboxylic acids is 1. The summed E-state index contributed by atoms with van der Waals surface area (Å²) < 4.78 is 5.95. The van der Waals surface area contributed by atoms with Crippen LogP contribution in [0, 0.1) is 0 Å². The van der Waals surface area contributed by atoms with E-state index in [1.165, 1.54) is 103 Å². The Balaban J connectivity index is 3.47. The maximum Gasteiger partial charge on any atom is 0.306 e. The van der Waals surface area contributed by atoms with Gasteiger partial charge in [-0.15, -0.1) is 0 Å². The van der Waals surface area contributed by atoms with Crippen molar-refractivity contribution in [3.63, 3.8) is 0 Å². The molecule has 36 heavy (non-hydrogen) atoms. The molecule has 0 saturated heterocycles. The van der Waals surface area contributed by atoms with Gasteiger partial charge in [-0.25, -0.2) is 0 Å². The predicted molar refractivity (Wildman–Crippen MR) is 150 cm³/mol. The third kappa shape index (κ3) is 27.2. The van der Waals surface area contributed by atoms with E-state index < -0.39 is 12.1 Å². The van der Waals surface area contributed by atoms with Gasteiger partial charge in [-0.1, -0.05) is 109 Å². The fraction of sp³-hybridized carbons (Fsp3) is 0.871. The lowest BCUT2D eigenvalue weighted by Crippen LogP contribution is -2.45. The number of ether oxygens (including phenoxy) is 1. The first-order valence-electron chi connectivity index (χ1n) is 15.1. The first-order chi connectivity index (χ1) is 17.2. The van der Waals surface area contributed by atoms with E-state index in [-0.39, 0.29) is 12.4 Å². The number of nitrogens with zero attached hydrogens (tertiary/aromatic N) is 1. The van der Waals surface area contributed by atoms with Crippen LogP contribution in [0.2, 0.25) is 0 Å². The standard InChI is InChI=1S/C31H59NO4/c1-5-6-7-8-9-10-11-12-13-14-15-16-17-18-19-20-21-22-23-24-25-26-31(35)36-29(27-30(33)34)28-32(2,3)4/h12-13,29H,5-11,14-28H2,1-4H3/b13-12-/t29-/m1/s1. The summed E-state index contributed by atoms with van der Waals surface area (Å²) in [5.74, 6) is -1.46. The van der Waals surface area contributed by atoms with Crippen LogP contribution in [0.25, 0.3) is 0 Å². The quantitative estimate of drug-likeness (QED) is 0.0539. The zero-order chi connectivity index (χ0) is 26.9. The van der Waals surface area contributed by atoms with E-state index >= 15 is 0 Å². The van der Waals surface area contributed by atoms with Crippen LogP contribution in [0.1, 0.15) is 142 Å². The highest BCUT2D eigenvalue weighted by Gasteiger charge is 2.22. The van der Waals surface area contributed by atoms with Crippen molar-refractivity contribution in [1.29, 1.82) is 0 Å². The van der Waals surface area contributed by atoms with E-state index in [2.05, 4.69) is 19.1 Å². The van der Waals surface area contributed by atoms with Crippen molar-refractivity contribution >= 4 is 11.9 Å². The first-order valence-corrected chi connectivity index (χ1v) is 15.1. The van der Waals surface area contributed by atoms with Gasteiger partial charge in [0.25, 0.3) is 0 Å². The zero-order valence-electron chi connectivity index (χ0n) is 24.4. The lowest BCUT2D eigenvalue weighted by Gasteiger charge is -2.29. The van der Waals surface area contributed by atoms with Gasteiger partial charge in [-0.2, -0.15) is 0 Å². The van der Waals surface area contributed by atoms with Crippen LogP contribution < -0.4 is 5.11 Å². The van der Waals surface area contributed by atoms with E-state index in [1.54, 1.807) is 0 Å². The smallest absolute Gasteiger partial charge is 0.306 e. The largest absolute Gasteiger partial charge is 0.550 e. The molecule has 0 aliphatic heterocycles. The highest BCUT2D eigenvalue weighted by atomic mass is 16.5. The topological polar surface area (TPSA) is 66.4 Å². The Morgan fingerprint density at radius 1 is 0.694 bits per heavy atom. The first kappa shape index (κ1) is 34.6. The molecule has 5 heteroatoms. The highest BCUT2D eigenvalue weighted by molar-refractivity contribution is 5.70. The number of rotatable bonds is 26. The van der Waals surface area contributed by atoms with Crippen molar-refractivity contribution in [2.45, 2.75) is 148 Å². The number of aliphatic carboxylic acids is 1. The minimum absolute atomic E-state index is 0.238. The Morgan fingerprint density at radius 3 is 1.53 bits per heavy atom. The molecule has 0 saturated carbocycles. The van der Waals surface area contributed by atoms with E-state index in [0.29, 0.717) is 17.4 Å². The molecule has 0 aromatic rings. The maximum atomic E-state index is 12.1. The summed E-state index contributed by atoms with van der Waals surface area (Å²) in [6, 6.07) is 0. The Kier molecular flexibility index (Phi) is 23.1. The summed E-state index contributed by atoms with van der Waals surface area (Å²) in [5, 5.41) is 10.9. The van der Waals surface area contributed by atoms with Gasteiger partial charge in [-0.05, 0) is 32.1 Å². The van der Waals surface area contributed by atoms with Crippen LogP contribution in [0.5, 0.6) is 0 Å². The molecule has 1 atom stereocenters. The lowest BCUT2D eigenvalue weighted by molar-refractivity contribution is -0.873. The fourth-order valence-corrected chi connectivity index (χ4v) is 4.59. The Bertz CT molecular complexity index is 553. The summed E-state index contributed by atoms with van der Waals surface area (Å²) in [4.78, 5) is 23.0. The SMILES string of the molecule is CCCCCCCC/C=C\CCCCCCCCCCCCCC(=O)O[C@H](CC(=O)[O-])C[N+](C)(C)C. The van der Waals surface area contributed by atoms with Crippen LogP contribution in [0.3, 0.4) is 0 Å². The fourth-order valence-electron chi connectivity index (χ4n) is 4.59. The molecule has 0 aliphatic carbocycles. The van der Waals surface area contributed by atoms with Gasteiger partial charge in [0.1, 0.15) is 6.54 Å². The maximum absolute atomic E-state index is 12.1. The van der Waals surface area contributed by atoms with Crippen LogP contribution in [-0.4, -0.2) is 50.2 Å². The van der Waals surface area contributed by atoms with E-state index in [1.807, 2.05) is 21.1 Å². The Morgan fingerprint density at radius 2 is 1.11 bits per heavy atom. The van der Waals surface area contributed by atoms with Crippen molar-refractivity contribution in [3.8, 4) is 0 Å². The number of hydrogen-bond donors (Lipinski definition) is 0. The third-order valence-corrected chi connectivity index (χ3v) is 6.59. The zero-order valence-corrected chi connectivity index (χ0v) is 24.4. The van der Waals surface area contributed by atoms with Crippen molar-refractivity contribution in [3.05, 3.63) is 12.2 Å². The van der Waals surface area contributed by atoms with Crippen LogP contribution in [0.15, 0.2) is 12.2 Å². The van der Waals surface area contributed by atoms with Gasteiger partial charge < -0.3 is 19.1 Å². The highest BCUT2D eigenvalue weighted by Crippen LogP contribution is 2.14. The average Bonchev–Trinajstić information content (AvgIpc) is 2.78. The molecule has 0 N–H and O–H groups in total. The molecule has 0 heterocycles. The summed E-state index contributed by atoms with van der Waals surface area (Å²) in [5.41, 5.74) is 0. The van der Waals surface area contributed by atoms with Crippen molar-refractivity contribution < 1.29 is 23.9 Å². The third-order valence-electron chi connectivity index (χ3n) is 6.59. The van der Waals surface area contributed by atoms with Gasteiger partial charge in [0, 0.05) is 18.8 Å². The molecular formula is C31H59NO4. The summed E-state index contributed by atoms with van der Waals surface area (Å²) in [6.45, 7) is 2.74. The number of carbonyl (C=O) groups excluding carboxylic acids is 2. The minimum Gasteiger partial charge on any atom is -0.550 e. The minimum atomic E-state index is -1.17. The monoisotopic (exact) mass is 509 g/mol. The van der Waals surface area contributed by atoms with Crippen LogP contribution >= 0.6 is 0 Å². The summed E-state index contributed by atoms with van der Waals surface area (Å²) in [7, 11) is 5.85. The number of unbranched alkanes of at least 4 members (excludes halogenated alkanes) is 17. The number of carboxylic acid groups (broad SMARTS) is 1. The van der Waals surface area contributed by atoms with Gasteiger partial charge in [-0.3, -0.25) is 4.79 Å². The molecule has 0 rings (SSSR count). The molecule has 0 aromatic heterocycles. The molecule has 0 fully saturated rings. The Hall–Kier alpha value is -1.36. The molecule has 0 aliphatic rings. The number of carbonyl (C=O) groups is 2. The van der Waals surface area contributed by atoms with Crippen molar-refractivity contribution in [2.24, 2.45) is 0 Å². The molecular weight excluding hydrogens is 450 g/mol. The lowest BCUT2D eigenvalue weighted by atomic mass is 10.0. The second-order valence-corrected chi connectivity index (χ2v) is 11.6. The number of allylic oxidation sites excluding steroid dienone is 2. The van der Waals surface area contributed by atoms with E-state index in [9.17, 15) is 14.7 Å². The van der Waals surface area contributed by atoms with E-state index in [4.69, 9.17) is 4.74 Å². The molecule has 0 aromatic carbocycles.